The van der Waals surface area contributed by atoms with Gasteiger partial charge in [0.2, 0.25) is 0 Å². The molecule has 0 aliphatic heterocycles. The van der Waals surface area contributed by atoms with Crippen LogP contribution in [0.5, 0.6) is 0 Å². The lowest BCUT2D eigenvalue weighted by molar-refractivity contribution is 0.0191. The second kappa shape index (κ2) is 4.55. The SMILES string of the molecule is COC(C)(C)c1cccc(CNO)c1. The first-order chi connectivity index (χ1) is 6.60. The lowest BCUT2D eigenvalue weighted by Crippen LogP contribution is -2.19. The quantitative estimate of drug-likeness (QED) is 0.722. The highest BCUT2D eigenvalue weighted by atomic mass is 16.5. The molecule has 0 fully saturated rings. The Morgan fingerprint density at radius 1 is 1.43 bits per heavy atom. The molecule has 0 aliphatic carbocycles. The van der Waals surface area contributed by atoms with Crippen LogP contribution in [0.25, 0.3) is 0 Å². The maximum atomic E-state index is 8.59. The molecule has 0 bridgehead atoms. The van der Waals surface area contributed by atoms with Gasteiger partial charge in [-0.1, -0.05) is 24.3 Å². The molecule has 0 atom stereocenters. The number of methoxy groups -OCH3 is 1. The molecule has 0 aromatic heterocycles. The summed E-state index contributed by atoms with van der Waals surface area (Å²) >= 11 is 0. The summed E-state index contributed by atoms with van der Waals surface area (Å²) in [6.07, 6.45) is 0. The van der Waals surface area contributed by atoms with Crippen molar-refractivity contribution in [3.8, 4) is 0 Å². The number of hydrogen-bond donors (Lipinski definition) is 2. The van der Waals surface area contributed by atoms with Crippen LogP contribution in [0.1, 0.15) is 25.0 Å². The van der Waals surface area contributed by atoms with E-state index in [0.29, 0.717) is 6.54 Å². The topological polar surface area (TPSA) is 41.5 Å². The Balaban J connectivity index is 2.93. The summed E-state index contributed by atoms with van der Waals surface area (Å²) in [5.41, 5.74) is 4.00. The lowest BCUT2D eigenvalue weighted by atomic mass is 9.96. The summed E-state index contributed by atoms with van der Waals surface area (Å²) in [5, 5.41) is 8.59. The van der Waals surface area contributed by atoms with E-state index in [1.165, 1.54) is 0 Å². The molecule has 14 heavy (non-hydrogen) atoms. The van der Waals surface area contributed by atoms with Crippen molar-refractivity contribution in [1.82, 2.24) is 5.48 Å². The van der Waals surface area contributed by atoms with Gasteiger partial charge in [0, 0.05) is 13.7 Å². The zero-order valence-electron chi connectivity index (χ0n) is 8.87. The predicted molar refractivity (Wildman–Crippen MR) is 55.1 cm³/mol. The van der Waals surface area contributed by atoms with Crippen LogP contribution in [0.4, 0.5) is 0 Å². The van der Waals surface area contributed by atoms with Crippen LogP contribution in [0.2, 0.25) is 0 Å². The van der Waals surface area contributed by atoms with Crippen LogP contribution in [-0.4, -0.2) is 12.3 Å². The third kappa shape index (κ3) is 2.54. The summed E-state index contributed by atoms with van der Waals surface area (Å²) in [7, 11) is 1.69. The molecule has 1 aromatic rings. The number of hydrogen-bond acceptors (Lipinski definition) is 3. The van der Waals surface area contributed by atoms with Crippen molar-refractivity contribution >= 4 is 0 Å². The van der Waals surface area contributed by atoms with E-state index < -0.39 is 0 Å². The fourth-order valence-corrected chi connectivity index (χ4v) is 1.26. The summed E-state index contributed by atoms with van der Waals surface area (Å²) in [6, 6.07) is 7.96. The zero-order valence-corrected chi connectivity index (χ0v) is 8.87. The first-order valence-electron chi connectivity index (χ1n) is 4.61. The molecule has 3 heteroatoms. The Morgan fingerprint density at radius 2 is 2.14 bits per heavy atom. The predicted octanol–water partition coefficient (Wildman–Crippen LogP) is 2.05. The van der Waals surface area contributed by atoms with Crippen molar-refractivity contribution in [2.75, 3.05) is 7.11 Å². The van der Waals surface area contributed by atoms with Crippen molar-refractivity contribution in [1.29, 1.82) is 0 Å². The van der Waals surface area contributed by atoms with Gasteiger partial charge < -0.3 is 9.94 Å². The third-order valence-corrected chi connectivity index (χ3v) is 2.42. The average molecular weight is 195 g/mol. The summed E-state index contributed by atoms with van der Waals surface area (Å²) < 4.78 is 5.37. The van der Waals surface area contributed by atoms with E-state index in [9.17, 15) is 0 Å². The molecule has 78 valence electrons. The standard InChI is InChI=1S/C11H17NO2/c1-11(2,14-3)10-6-4-5-9(7-10)8-12-13/h4-7,12-13H,8H2,1-3H3. The molecular weight excluding hydrogens is 178 g/mol. The van der Waals surface area contributed by atoms with E-state index in [-0.39, 0.29) is 5.60 Å². The summed E-state index contributed by atoms with van der Waals surface area (Å²) in [4.78, 5) is 0. The highest BCUT2D eigenvalue weighted by molar-refractivity contribution is 5.27. The molecule has 0 aliphatic rings. The summed E-state index contributed by atoms with van der Waals surface area (Å²) in [5.74, 6) is 0. The summed E-state index contributed by atoms with van der Waals surface area (Å²) in [6.45, 7) is 4.48. The molecule has 0 heterocycles. The van der Waals surface area contributed by atoms with E-state index in [2.05, 4.69) is 5.48 Å². The molecule has 0 amide bonds. The highest BCUT2D eigenvalue weighted by Gasteiger charge is 2.18. The molecule has 0 spiro atoms. The lowest BCUT2D eigenvalue weighted by Gasteiger charge is -2.23. The Kier molecular flexibility index (Phi) is 3.63. The Labute approximate surface area is 84.7 Å². The minimum Gasteiger partial charge on any atom is -0.374 e. The first-order valence-corrected chi connectivity index (χ1v) is 4.61. The van der Waals surface area contributed by atoms with Gasteiger partial charge in [0.25, 0.3) is 0 Å². The van der Waals surface area contributed by atoms with Gasteiger partial charge >= 0.3 is 0 Å². The number of rotatable bonds is 4. The maximum Gasteiger partial charge on any atom is 0.0871 e. The molecule has 2 N–H and O–H groups in total. The van der Waals surface area contributed by atoms with E-state index in [1.807, 2.05) is 38.1 Å². The number of hydroxylamine groups is 1. The molecular formula is C11H17NO2. The molecule has 0 saturated carbocycles. The van der Waals surface area contributed by atoms with Gasteiger partial charge in [0.15, 0.2) is 0 Å². The van der Waals surface area contributed by atoms with Gasteiger partial charge in [0.1, 0.15) is 0 Å². The van der Waals surface area contributed by atoms with Crippen LogP contribution in [0.3, 0.4) is 0 Å². The van der Waals surface area contributed by atoms with Crippen molar-refractivity contribution in [2.45, 2.75) is 26.0 Å². The van der Waals surface area contributed by atoms with Crippen LogP contribution in [-0.2, 0) is 16.9 Å². The van der Waals surface area contributed by atoms with Crippen molar-refractivity contribution in [3.05, 3.63) is 35.4 Å². The molecule has 3 nitrogen and oxygen atoms in total. The maximum absolute atomic E-state index is 8.59. The minimum atomic E-state index is -0.286. The molecule has 0 unspecified atom stereocenters. The monoisotopic (exact) mass is 195 g/mol. The fourth-order valence-electron chi connectivity index (χ4n) is 1.26. The van der Waals surface area contributed by atoms with Crippen LogP contribution < -0.4 is 5.48 Å². The van der Waals surface area contributed by atoms with Crippen LogP contribution in [0.15, 0.2) is 24.3 Å². The van der Waals surface area contributed by atoms with Crippen molar-refractivity contribution in [2.24, 2.45) is 0 Å². The van der Waals surface area contributed by atoms with Gasteiger partial charge in [-0.05, 0) is 25.0 Å². The Hall–Kier alpha value is -0.900. The van der Waals surface area contributed by atoms with Gasteiger partial charge in [-0.25, -0.2) is 5.48 Å². The van der Waals surface area contributed by atoms with Crippen molar-refractivity contribution in [3.63, 3.8) is 0 Å². The van der Waals surface area contributed by atoms with Gasteiger partial charge in [0.05, 0.1) is 5.60 Å². The molecule has 0 radical (unpaired) electrons. The van der Waals surface area contributed by atoms with Crippen LogP contribution >= 0.6 is 0 Å². The molecule has 1 aromatic carbocycles. The third-order valence-electron chi connectivity index (χ3n) is 2.42. The minimum absolute atomic E-state index is 0.286. The molecule has 1 rings (SSSR count). The zero-order chi connectivity index (χ0) is 10.6. The highest BCUT2D eigenvalue weighted by Crippen LogP contribution is 2.24. The van der Waals surface area contributed by atoms with E-state index >= 15 is 0 Å². The smallest absolute Gasteiger partial charge is 0.0871 e. The average Bonchev–Trinajstić information content (AvgIpc) is 2.19. The van der Waals surface area contributed by atoms with Gasteiger partial charge in [-0.2, -0.15) is 0 Å². The van der Waals surface area contributed by atoms with E-state index in [0.717, 1.165) is 11.1 Å². The molecule has 0 saturated heterocycles. The number of benzene rings is 1. The first kappa shape index (κ1) is 11.2. The normalized spacial score (nSPS) is 11.7. The Morgan fingerprint density at radius 3 is 2.71 bits per heavy atom. The number of nitrogens with one attached hydrogen (secondary N) is 1. The van der Waals surface area contributed by atoms with Gasteiger partial charge in [-0.15, -0.1) is 0 Å². The van der Waals surface area contributed by atoms with E-state index in [1.54, 1.807) is 7.11 Å². The van der Waals surface area contributed by atoms with Crippen LogP contribution in [0, 0.1) is 0 Å². The largest absolute Gasteiger partial charge is 0.374 e. The second-order valence-electron chi connectivity index (χ2n) is 3.75. The number of ether oxygens (including phenoxy) is 1. The second-order valence-corrected chi connectivity index (χ2v) is 3.75. The van der Waals surface area contributed by atoms with Crippen molar-refractivity contribution < 1.29 is 9.94 Å². The van der Waals surface area contributed by atoms with E-state index in [4.69, 9.17) is 9.94 Å². The van der Waals surface area contributed by atoms with Gasteiger partial charge in [-0.3, -0.25) is 0 Å². The Bertz CT molecular complexity index is 297. The fraction of sp³-hybridized carbons (Fsp3) is 0.455.